The summed E-state index contributed by atoms with van der Waals surface area (Å²) in [6.07, 6.45) is 2.10. The predicted molar refractivity (Wildman–Crippen MR) is 137 cm³/mol. The molecule has 190 valence electrons. The van der Waals surface area contributed by atoms with E-state index in [1.807, 2.05) is 61.5 Å². The largest absolute Gasteiger partial charge is 0.497 e. The topological polar surface area (TPSA) is 67.9 Å². The van der Waals surface area contributed by atoms with E-state index in [9.17, 15) is 14.0 Å². The number of rotatable bonds is 13. The fraction of sp³-hybridized carbons (Fsp3) is 0.310. The van der Waals surface area contributed by atoms with Gasteiger partial charge < -0.3 is 19.7 Å². The van der Waals surface area contributed by atoms with Crippen molar-refractivity contribution in [1.82, 2.24) is 10.2 Å². The van der Waals surface area contributed by atoms with Gasteiger partial charge >= 0.3 is 0 Å². The van der Waals surface area contributed by atoms with Gasteiger partial charge in [0, 0.05) is 19.5 Å². The second-order valence-corrected chi connectivity index (χ2v) is 8.44. The van der Waals surface area contributed by atoms with Crippen LogP contribution in [0.3, 0.4) is 0 Å². The van der Waals surface area contributed by atoms with Gasteiger partial charge in [-0.15, -0.1) is 0 Å². The first-order valence-electron chi connectivity index (χ1n) is 12.1. The van der Waals surface area contributed by atoms with Crippen LogP contribution in [0.25, 0.3) is 0 Å². The molecule has 3 aromatic rings. The van der Waals surface area contributed by atoms with Gasteiger partial charge in [0.25, 0.3) is 5.91 Å². The molecule has 0 radical (unpaired) electrons. The number of ether oxygens (including phenoxy) is 2. The van der Waals surface area contributed by atoms with Crippen LogP contribution in [-0.4, -0.2) is 43.0 Å². The molecule has 2 amide bonds. The standard InChI is InChI=1S/C29H33FN2O4/c1-3-4-17-31-29(34)26(19-22-11-6-5-7-12-22)32(20-23-13-10-14-24(18-23)35-2)28(33)21-36-27-16-9-8-15-25(27)30/h5-16,18,26H,3-4,17,19-21H2,1-2H3,(H,31,34). The molecule has 3 aromatic carbocycles. The number of amides is 2. The monoisotopic (exact) mass is 492 g/mol. The molecule has 0 fully saturated rings. The van der Waals surface area contributed by atoms with Crippen LogP contribution < -0.4 is 14.8 Å². The number of halogens is 1. The molecular formula is C29H33FN2O4. The molecule has 3 rings (SSSR count). The minimum absolute atomic E-state index is 0.0146. The van der Waals surface area contributed by atoms with E-state index in [1.165, 1.54) is 17.0 Å². The van der Waals surface area contributed by atoms with Crippen LogP contribution in [-0.2, 0) is 22.6 Å². The van der Waals surface area contributed by atoms with Gasteiger partial charge in [-0.3, -0.25) is 9.59 Å². The molecule has 7 heteroatoms. The summed E-state index contributed by atoms with van der Waals surface area (Å²) in [6, 6.07) is 22.0. The van der Waals surface area contributed by atoms with E-state index in [4.69, 9.17) is 9.47 Å². The highest BCUT2D eigenvalue weighted by molar-refractivity contribution is 5.88. The number of benzene rings is 3. The van der Waals surface area contributed by atoms with Crippen LogP contribution in [0.4, 0.5) is 4.39 Å². The van der Waals surface area contributed by atoms with Crippen molar-refractivity contribution in [1.29, 1.82) is 0 Å². The number of nitrogens with one attached hydrogen (secondary N) is 1. The third-order valence-electron chi connectivity index (χ3n) is 5.78. The van der Waals surface area contributed by atoms with Gasteiger partial charge in [0.1, 0.15) is 11.8 Å². The zero-order valence-electron chi connectivity index (χ0n) is 20.8. The number of carbonyl (C=O) groups is 2. The third kappa shape index (κ3) is 7.83. The summed E-state index contributed by atoms with van der Waals surface area (Å²) in [7, 11) is 1.57. The molecule has 0 aromatic heterocycles. The van der Waals surface area contributed by atoms with Crippen molar-refractivity contribution in [3.63, 3.8) is 0 Å². The van der Waals surface area contributed by atoms with Crippen LogP contribution in [0, 0.1) is 5.82 Å². The molecule has 0 aliphatic rings. The molecule has 36 heavy (non-hydrogen) atoms. The Morgan fingerprint density at radius 3 is 2.42 bits per heavy atom. The Bertz CT molecular complexity index is 1120. The Morgan fingerprint density at radius 2 is 1.69 bits per heavy atom. The number of hydrogen-bond donors (Lipinski definition) is 1. The normalized spacial score (nSPS) is 11.4. The summed E-state index contributed by atoms with van der Waals surface area (Å²) in [5, 5.41) is 2.97. The van der Waals surface area contributed by atoms with Gasteiger partial charge in [0.05, 0.1) is 7.11 Å². The van der Waals surface area contributed by atoms with Crippen molar-refractivity contribution in [2.24, 2.45) is 0 Å². The van der Waals surface area contributed by atoms with E-state index in [-0.39, 0.29) is 18.2 Å². The number of unbranched alkanes of at least 4 members (excludes halogenated alkanes) is 1. The average molecular weight is 493 g/mol. The first kappa shape index (κ1) is 26.7. The molecule has 1 unspecified atom stereocenters. The minimum Gasteiger partial charge on any atom is -0.497 e. The van der Waals surface area contributed by atoms with E-state index in [0.29, 0.717) is 18.7 Å². The van der Waals surface area contributed by atoms with Crippen LogP contribution in [0.1, 0.15) is 30.9 Å². The van der Waals surface area contributed by atoms with Gasteiger partial charge in [0.2, 0.25) is 5.91 Å². The maximum absolute atomic E-state index is 14.1. The Labute approximate surface area is 212 Å². The molecule has 0 saturated heterocycles. The highest BCUT2D eigenvalue weighted by Crippen LogP contribution is 2.20. The SMILES string of the molecule is CCCCNC(=O)C(Cc1ccccc1)N(Cc1cccc(OC)c1)C(=O)COc1ccccc1F. The van der Waals surface area contributed by atoms with Crippen molar-refractivity contribution in [3.8, 4) is 11.5 Å². The number of hydrogen-bond acceptors (Lipinski definition) is 4. The van der Waals surface area contributed by atoms with E-state index in [1.54, 1.807) is 19.2 Å². The van der Waals surface area contributed by atoms with E-state index >= 15 is 0 Å². The Kier molecular flexibility index (Phi) is 10.3. The Balaban J connectivity index is 1.91. The summed E-state index contributed by atoms with van der Waals surface area (Å²) in [5.41, 5.74) is 1.72. The van der Waals surface area contributed by atoms with Crippen LogP contribution in [0.5, 0.6) is 11.5 Å². The molecule has 0 aliphatic heterocycles. The number of para-hydroxylation sites is 1. The Hall–Kier alpha value is -3.87. The summed E-state index contributed by atoms with van der Waals surface area (Å²) in [6.45, 7) is 2.33. The highest BCUT2D eigenvalue weighted by atomic mass is 19.1. The predicted octanol–water partition coefficient (Wildman–Crippen LogP) is 4.77. The third-order valence-corrected chi connectivity index (χ3v) is 5.78. The lowest BCUT2D eigenvalue weighted by Gasteiger charge is -2.31. The number of nitrogens with zero attached hydrogens (tertiary/aromatic N) is 1. The molecule has 0 heterocycles. The van der Waals surface area contributed by atoms with Crippen LogP contribution >= 0.6 is 0 Å². The van der Waals surface area contributed by atoms with Gasteiger partial charge in [-0.25, -0.2) is 4.39 Å². The van der Waals surface area contributed by atoms with Crippen molar-refractivity contribution in [2.75, 3.05) is 20.3 Å². The molecule has 0 spiro atoms. The van der Waals surface area contributed by atoms with Gasteiger partial charge in [0.15, 0.2) is 18.2 Å². The highest BCUT2D eigenvalue weighted by Gasteiger charge is 2.30. The van der Waals surface area contributed by atoms with Gasteiger partial charge in [-0.2, -0.15) is 0 Å². The van der Waals surface area contributed by atoms with E-state index in [0.717, 1.165) is 24.0 Å². The fourth-order valence-corrected chi connectivity index (χ4v) is 3.81. The second kappa shape index (κ2) is 13.9. The molecule has 6 nitrogen and oxygen atoms in total. The lowest BCUT2D eigenvalue weighted by atomic mass is 10.0. The average Bonchev–Trinajstić information content (AvgIpc) is 2.90. The number of methoxy groups -OCH3 is 1. The summed E-state index contributed by atoms with van der Waals surface area (Å²) >= 11 is 0. The molecule has 1 atom stereocenters. The maximum atomic E-state index is 14.1. The molecule has 0 bridgehead atoms. The fourth-order valence-electron chi connectivity index (χ4n) is 3.81. The Morgan fingerprint density at radius 1 is 0.972 bits per heavy atom. The van der Waals surface area contributed by atoms with Crippen LogP contribution in [0.15, 0.2) is 78.9 Å². The summed E-state index contributed by atoms with van der Waals surface area (Å²) in [4.78, 5) is 28.4. The quantitative estimate of drug-likeness (QED) is 0.349. The van der Waals surface area contributed by atoms with Crippen molar-refractivity contribution >= 4 is 11.8 Å². The second-order valence-electron chi connectivity index (χ2n) is 8.44. The van der Waals surface area contributed by atoms with Crippen molar-refractivity contribution < 1.29 is 23.5 Å². The smallest absolute Gasteiger partial charge is 0.261 e. The van der Waals surface area contributed by atoms with Crippen LogP contribution in [0.2, 0.25) is 0 Å². The lowest BCUT2D eigenvalue weighted by molar-refractivity contribution is -0.142. The maximum Gasteiger partial charge on any atom is 0.261 e. The van der Waals surface area contributed by atoms with E-state index < -0.39 is 24.4 Å². The van der Waals surface area contributed by atoms with Gasteiger partial charge in [-0.1, -0.05) is 67.9 Å². The zero-order valence-corrected chi connectivity index (χ0v) is 20.8. The summed E-state index contributed by atoms with van der Waals surface area (Å²) < 4.78 is 24.9. The zero-order chi connectivity index (χ0) is 25.8. The number of carbonyl (C=O) groups excluding carboxylic acids is 2. The molecule has 0 aliphatic carbocycles. The molecule has 0 saturated carbocycles. The molecule has 1 N–H and O–H groups in total. The molecular weight excluding hydrogens is 459 g/mol. The van der Waals surface area contributed by atoms with Crippen molar-refractivity contribution in [2.45, 2.75) is 38.8 Å². The lowest BCUT2D eigenvalue weighted by Crippen LogP contribution is -2.51. The first-order chi connectivity index (χ1) is 17.5. The van der Waals surface area contributed by atoms with E-state index in [2.05, 4.69) is 5.32 Å². The minimum atomic E-state index is -0.785. The first-order valence-corrected chi connectivity index (χ1v) is 12.1. The van der Waals surface area contributed by atoms with Gasteiger partial charge in [-0.05, 0) is 41.8 Å². The van der Waals surface area contributed by atoms with Crippen molar-refractivity contribution in [3.05, 3.63) is 95.8 Å². The summed E-state index contributed by atoms with van der Waals surface area (Å²) in [5.74, 6) is -0.585.